The van der Waals surface area contributed by atoms with Gasteiger partial charge >= 0.3 is 0 Å². The van der Waals surface area contributed by atoms with Crippen molar-refractivity contribution in [3.8, 4) is 0 Å². The molecule has 1 saturated carbocycles. The molecule has 0 bridgehead atoms. The van der Waals surface area contributed by atoms with E-state index in [1.54, 1.807) is 12.5 Å². The zero-order valence-corrected chi connectivity index (χ0v) is 13.4. The molecule has 1 heterocycles. The predicted molar refractivity (Wildman–Crippen MR) is 83.6 cm³/mol. The van der Waals surface area contributed by atoms with Gasteiger partial charge in [0.2, 0.25) is 5.91 Å². The van der Waals surface area contributed by atoms with Gasteiger partial charge in [-0.15, -0.1) is 0 Å². The average Bonchev–Trinajstić information content (AvgIpc) is 2.85. The van der Waals surface area contributed by atoms with Crippen molar-refractivity contribution in [3.05, 3.63) is 18.7 Å². The normalized spacial score (nSPS) is 18.9. The molecule has 1 fully saturated rings. The molecule has 0 spiro atoms. The topological polar surface area (TPSA) is 72.9 Å². The van der Waals surface area contributed by atoms with Crippen LogP contribution in [0.25, 0.3) is 0 Å². The molecule has 1 unspecified atom stereocenters. The predicted octanol–water partition coefficient (Wildman–Crippen LogP) is 1.93. The summed E-state index contributed by atoms with van der Waals surface area (Å²) in [5, 5.41) is 3.21. The third-order valence-electron chi connectivity index (χ3n) is 4.72. The van der Waals surface area contributed by atoms with Crippen LogP contribution in [0.3, 0.4) is 0 Å². The number of hydrogen-bond acceptors (Lipinski definition) is 3. The van der Waals surface area contributed by atoms with Crippen LogP contribution in [0.5, 0.6) is 0 Å². The van der Waals surface area contributed by atoms with Gasteiger partial charge in [0, 0.05) is 25.4 Å². The lowest BCUT2D eigenvalue weighted by Crippen LogP contribution is -2.49. The molecule has 5 nitrogen and oxygen atoms in total. The molecule has 2 rings (SSSR count). The van der Waals surface area contributed by atoms with Crippen molar-refractivity contribution < 1.29 is 4.79 Å². The fraction of sp³-hybridized carbons (Fsp3) is 0.750. The zero-order chi connectivity index (χ0) is 15.5. The summed E-state index contributed by atoms with van der Waals surface area (Å²) in [6.07, 6.45) is 9.40. The molecular weight excluding hydrogens is 264 g/mol. The van der Waals surface area contributed by atoms with Crippen molar-refractivity contribution in [1.82, 2.24) is 14.9 Å². The first-order valence-electron chi connectivity index (χ1n) is 7.80. The van der Waals surface area contributed by atoms with E-state index in [0.29, 0.717) is 13.0 Å². The summed E-state index contributed by atoms with van der Waals surface area (Å²) in [6.45, 7) is 7.80. The van der Waals surface area contributed by atoms with E-state index >= 15 is 0 Å². The highest BCUT2D eigenvalue weighted by Crippen LogP contribution is 2.42. The average molecular weight is 292 g/mol. The molecule has 0 aliphatic heterocycles. The minimum absolute atomic E-state index is 0.00454. The summed E-state index contributed by atoms with van der Waals surface area (Å²) >= 11 is 0. The first-order chi connectivity index (χ1) is 9.85. The zero-order valence-electron chi connectivity index (χ0n) is 13.4. The Hall–Kier alpha value is -1.36. The number of nitrogens with one attached hydrogen (secondary N) is 1. The number of aromatic nitrogens is 2. The number of carbonyl (C=O) groups is 1. The summed E-state index contributed by atoms with van der Waals surface area (Å²) in [4.78, 5) is 16.5. The molecule has 1 aromatic rings. The fourth-order valence-electron chi connectivity index (χ4n) is 2.86. The van der Waals surface area contributed by atoms with Gasteiger partial charge in [-0.25, -0.2) is 4.98 Å². The van der Waals surface area contributed by atoms with Gasteiger partial charge in [-0.2, -0.15) is 0 Å². The van der Waals surface area contributed by atoms with Crippen LogP contribution in [0.1, 0.15) is 46.5 Å². The SMILES string of the molecule is CC(C)(C)C(Cn1ccnc1)NC(=O)CC1(CN)CCC1. The Morgan fingerprint density at radius 3 is 2.62 bits per heavy atom. The van der Waals surface area contributed by atoms with Crippen molar-refractivity contribution in [2.45, 2.75) is 59.0 Å². The van der Waals surface area contributed by atoms with Crippen LogP contribution in [-0.2, 0) is 11.3 Å². The first kappa shape index (κ1) is 16.0. The van der Waals surface area contributed by atoms with E-state index in [0.717, 1.165) is 19.4 Å². The summed E-state index contributed by atoms with van der Waals surface area (Å²) in [5.74, 6) is 0.125. The van der Waals surface area contributed by atoms with Crippen molar-refractivity contribution in [3.63, 3.8) is 0 Å². The molecule has 5 heteroatoms. The molecular formula is C16H28N4O. The molecule has 1 aliphatic rings. The third-order valence-corrected chi connectivity index (χ3v) is 4.72. The molecule has 1 aromatic heterocycles. The van der Waals surface area contributed by atoms with Crippen molar-refractivity contribution >= 4 is 5.91 Å². The van der Waals surface area contributed by atoms with Crippen molar-refractivity contribution in [1.29, 1.82) is 0 Å². The summed E-state index contributed by atoms with van der Waals surface area (Å²) in [5.41, 5.74) is 5.90. The summed E-state index contributed by atoms with van der Waals surface area (Å²) in [7, 11) is 0. The standard InChI is InChI=1S/C16H28N4O/c1-15(2,3)13(10-20-8-7-18-12-20)19-14(21)9-16(11-17)5-4-6-16/h7-8,12-13H,4-6,9-11,17H2,1-3H3,(H,19,21). The van der Waals surface area contributed by atoms with E-state index in [2.05, 4.69) is 31.1 Å². The lowest BCUT2D eigenvalue weighted by atomic mass is 9.66. The van der Waals surface area contributed by atoms with Gasteiger partial charge in [0.15, 0.2) is 0 Å². The number of carbonyl (C=O) groups excluding carboxylic acids is 1. The van der Waals surface area contributed by atoms with Crippen molar-refractivity contribution in [2.75, 3.05) is 6.54 Å². The lowest BCUT2D eigenvalue weighted by Gasteiger charge is -2.41. The Bertz CT molecular complexity index is 452. The van der Waals surface area contributed by atoms with Crippen LogP contribution in [-0.4, -0.2) is 28.0 Å². The highest BCUT2D eigenvalue weighted by molar-refractivity contribution is 5.77. The minimum Gasteiger partial charge on any atom is -0.351 e. The molecule has 0 aromatic carbocycles. The maximum atomic E-state index is 12.4. The van der Waals surface area contributed by atoms with Crippen LogP contribution in [0.4, 0.5) is 0 Å². The lowest BCUT2D eigenvalue weighted by molar-refractivity contribution is -0.126. The number of rotatable bonds is 6. The van der Waals surface area contributed by atoms with Crippen LogP contribution in [0, 0.1) is 10.8 Å². The number of nitrogens with zero attached hydrogens (tertiary/aromatic N) is 2. The summed E-state index contributed by atoms with van der Waals surface area (Å²) < 4.78 is 2.01. The molecule has 1 aliphatic carbocycles. The number of nitrogens with two attached hydrogens (primary N) is 1. The second-order valence-corrected chi connectivity index (χ2v) is 7.48. The second-order valence-electron chi connectivity index (χ2n) is 7.48. The second kappa shape index (κ2) is 6.18. The fourth-order valence-corrected chi connectivity index (χ4v) is 2.86. The molecule has 1 amide bonds. The number of amides is 1. The molecule has 0 saturated heterocycles. The monoisotopic (exact) mass is 292 g/mol. The highest BCUT2D eigenvalue weighted by atomic mass is 16.1. The third kappa shape index (κ3) is 4.06. The van der Waals surface area contributed by atoms with Crippen LogP contribution < -0.4 is 11.1 Å². The van der Waals surface area contributed by atoms with E-state index in [9.17, 15) is 4.79 Å². The molecule has 1 atom stereocenters. The smallest absolute Gasteiger partial charge is 0.220 e. The van der Waals surface area contributed by atoms with Crippen LogP contribution in [0.2, 0.25) is 0 Å². The Balaban J connectivity index is 1.96. The van der Waals surface area contributed by atoms with Gasteiger partial charge in [0.1, 0.15) is 0 Å². The largest absolute Gasteiger partial charge is 0.351 e. The molecule has 3 N–H and O–H groups in total. The van der Waals surface area contributed by atoms with E-state index in [1.165, 1.54) is 6.42 Å². The Morgan fingerprint density at radius 1 is 1.48 bits per heavy atom. The molecule has 21 heavy (non-hydrogen) atoms. The van der Waals surface area contributed by atoms with Gasteiger partial charge in [-0.05, 0) is 30.2 Å². The van der Waals surface area contributed by atoms with Crippen LogP contribution >= 0.6 is 0 Å². The maximum absolute atomic E-state index is 12.4. The number of imidazole rings is 1. The Morgan fingerprint density at radius 2 is 2.19 bits per heavy atom. The maximum Gasteiger partial charge on any atom is 0.220 e. The van der Waals surface area contributed by atoms with Gasteiger partial charge in [0.05, 0.1) is 12.4 Å². The first-order valence-corrected chi connectivity index (χ1v) is 7.80. The quantitative estimate of drug-likeness (QED) is 0.841. The van der Waals surface area contributed by atoms with E-state index in [1.807, 2.05) is 10.8 Å². The molecule has 0 radical (unpaired) electrons. The summed E-state index contributed by atoms with van der Waals surface area (Å²) in [6, 6.07) is 0.0779. The highest BCUT2D eigenvalue weighted by Gasteiger charge is 2.38. The van der Waals surface area contributed by atoms with Gasteiger partial charge in [-0.3, -0.25) is 4.79 Å². The van der Waals surface area contributed by atoms with Crippen molar-refractivity contribution in [2.24, 2.45) is 16.6 Å². The van der Waals surface area contributed by atoms with Gasteiger partial charge in [-0.1, -0.05) is 27.2 Å². The molecule has 118 valence electrons. The Kier molecular flexibility index (Phi) is 4.71. The van der Waals surface area contributed by atoms with Gasteiger partial charge in [0.25, 0.3) is 0 Å². The van der Waals surface area contributed by atoms with Crippen LogP contribution in [0.15, 0.2) is 18.7 Å². The van der Waals surface area contributed by atoms with Gasteiger partial charge < -0.3 is 15.6 Å². The van der Waals surface area contributed by atoms with E-state index in [4.69, 9.17) is 5.73 Å². The minimum atomic E-state index is -0.00454. The van der Waals surface area contributed by atoms with E-state index < -0.39 is 0 Å². The van der Waals surface area contributed by atoms with E-state index in [-0.39, 0.29) is 22.8 Å². The Labute approximate surface area is 127 Å². The number of hydrogen-bond donors (Lipinski definition) is 2.